The van der Waals surface area contributed by atoms with Gasteiger partial charge >= 0.3 is 0 Å². The van der Waals surface area contributed by atoms with Crippen molar-refractivity contribution in [2.24, 2.45) is 11.1 Å². The minimum Gasteiger partial charge on any atom is -0.367 e. The van der Waals surface area contributed by atoms with E-state index in [-0.39, 0.29) is 5.41 Å². The molecule has 1 amide bonds. The second-order valence-corrected chi connectivity index (χ2v) is 6.19. The highest BCUT2D eigenvalue weighted by Crippen LogP contribution is 2.23. The standard InChI is InChI=1S/C15H29NO3/c1-6-14(2,3)12(17)10-8-7-9-11-19-15(4,5)13(16)18/h6-11H2,1-5H3,(H2,16,18). The van der Waals surface area contributed by atoms with Crippen LogP contribution in [0.2, 0.25) is 0 Å². The first-order valence-electron chi connectivity index (χ1n) is 7.10. The molecule has 0 aromatic rings. The lowest BCUT2D eigenvalue weighted by Crippen LogP contribution is -2.40. The summed E-state index contributed by atoms with van der Waals surface area (Å²) in [5, 5.41) is 0. The lowest BCUT2D eigenvalue weighted by molar-refractivity contribution is -0.139. The minimum absolute atomic E-state index is 0.204. The van der Waals surface area contributed by atoms with Crippen molar-refractivity contribution in [3.63, 3.8) is 0 Å². The third-order valence-corrected chi connectivity index (χ3v) is 3.74. The van der Waals surface area contributed by atoms with Crippen LogP contribution in [-0.2, 0) is 14.3 Å². The van der Waals surface area contributed by atoms with Gasteiger partial charge in [-0.2, -0.15) is 0 Å². The quantitative estimate of drug-likeness (QED) is 0.621. The van der Waals surface area contributed by atoms with Gasteiger partial charge in [-0.1, -0.05) is 27.2 Å². The first-order valence-corrected chi connectivity index (χ1v) is 7.10. The van der Waals surface area contributed by atoms with Gasteiger partial charge in [0.15, 0.2) is 0 Å². The maximum absolute atomic E-state index is 11.9. The summed E-state index contributed by atoms with van der Waals surface area (Å²) in [6.07, 6.45) is 4.15. The van der Waals surface area contributed by atoms with Crippen molar-refractivity contribution in [1.82, 2.24) is 0 Å². The zero-order valence-corrected chi connectivity index (χ0v) is 13.0. The molecule has 0 aliphatic carbocycles. The summed E-state index contributed by atoms with van der Waals surface area (Å²) in [7, 11) is 0. The van der Waals surface area contributed by atoms with Crippen molar-refractivity contribution in [2.75, 3.05) is 6.61 Å². The van der Waals surface area contributed by atoms with Crippen molar-refractivity contribution in [3.8, 4) is 0 Å². The molecule has 0 saturated carbocycles. The van der Waals surface area contributed by atoms with Gasteiger partial charge in [-0.25, -0.2) is 0 Å². The smallest absolute Gasteiger partial charge is 0.249 e. The van der Waals surface area contributed by atoms with Gasteiger partial charge in [-0.3, -0.25) is 9.59 Å². The molecule has 0 spiro atoms. The number of rotatable bonds is 10. The fourth-order valence-corrected chi connectivity index (χ4v) is 1.50. The number of hydrogen-bond acceptors (Lipinski definition) is 3. The molecule has 0 bridgehead atoms. The number of ketones is 1. The Kier molecular flexibility index (Phi) is 7.27. The lowest BCUT2D eigenvalue weighted by Gasteiger charge is -2.22. The number of ether oxygens (including phenoxy) is 1. The summed E-state index contributed by atoms with van der Waals surface area (Å²) in [6, 6.07) is 0. The van der Waals surface area contributed by atoms with Crippen LogP contribution in [0.15, 0.2) is 0 Å². The molecule has 0 aromatic heterocycles. The molecule has 0 unspecified atom stereocenters. The van der Waals surface area contributed by atoms with E-state index in [1.54, 1.807) is 13.8 Å². The van der Waals surface area contributed by atoms with Gasteiger partial charge < -0.3 is 10.5 Å². The number of carbonyl (C=O) groups excluding carboxylic acids is 2. The van der Waals surface area contributed by atoms with E-state index in [2.05, 4.69) is 0 Å². The zero-order chi connectivity index (χ0) is 15.1. The highest BCUT2D eigenvalue weighted by Gasteiger charge is 2.25. The van der Waals surface area contributed by atoms with Crippen LogP contribution in [0.5, 0.6) is 0 Å². The largest absolute Gasteiger partial charge is 0.367 e. The minimum atomic E-state index is -0.903. The number of nitrogens with two attached hydrogens (primary N) is 1. The highest BCUT2D eigenvalue weighted by atomic mass is 16.5. The maximum Gasteiger partial charge on any atom is 0.249 e. The monoisotopic (exact) mass is 271 g/mol. The molecule has 4 nitrogen and oxygen atoms in total. The second-order valence-electron chi connectivity index (χ2n) is 6.19. The fourth-order valence-electron chi connectivity index (χ4n) is 1.50. The van der Waals surface area contributed by atoms with Crippen molar-refractivity contribution < 1.29 is 14.3 Å². The molecule has 0 aliphatic rings. The van der Waals surface area contributed by atoms with Gasteiger partial charge in [0.25, 0.3) is 0 Å². The van der Waals surface area contributed by atoms with Gasteiger partial charge in [0.2, 0.25) is 5.91 Å². The summed E-state index contributed by atoms with van der Waals surface area (Å²) in [6.45, 7) is 9.87. The van der Waals surface area contributed by atoms with Crippen LogP contribution < -0.4 is 5.73 Å². The first kappa shape index (κ1) is 18.1. The first-order chi connectivity index (χ1) is 8.63. The number of amides is 1. The van der Waals surface area contributed by atoms with E-state index in [1.165, 1.54) is 0 Å². The van der Waals surface area contributed by atoms with E-state index in [0.29, 0.717) is 18.8 Å². The molecule has 0 saturated heterocycles. The Morgan fingerprint density at radius 1 is 1.05 bits per heavy atom. The molecule has 4 heteroatoms. The third-order valence-electron chi connectivity index (χ3n) is 3.74. The Labute approximate surface area is 117 Å². The third kappa shape index (κ3) is 6.71. The van der Waals surface area contributed by atoms with Gasteiger partial charge in [0, 0.05) is 18.4 Å². The van der Waals surface area contributed by atoms with Gasteiger partial charge in [-0.05, 0) is 33.1 Å². The van der Waals surface area contributed by atoms with Crippen LogP contribution in [0.3, 0.4) is 0 Å². The van der Waals surface area contributed by atoms with Crippen molar-refractivity contribution in [2.45, 2.75) is 72.3 Å². The van der Waals surface area contributed by atoms with Crippen LogP contribution in [-0.4, -0.2) is 23.9 Å². The normalized spacial score (nSPS) is 12.5. The van der Waals surface area contributed by atoms with Crippen LogP contribution in [0.25, 0.3) is 0 Å². The Bertz CT molecular complexity index is 309. The van der Waals surface area contributed by atoms with Crippen molar-refractivity contribution >= 4 is 11.7 Å². The molecule has 0 fully saturated rings. The van der Waals surface area contributed by atoms with E-state index in [9.17, 15) is 9.59 Å². The van der Waals surface area contributed by atoms with Crippen LogP contribution >= 0.6 is 0 Å². The molecule has 0 heterocycles. The molecule has 0 aliphatic heterocycles. The summed E-state index contributed by atoms with van der Waals surface area (Å²) in [5.74, 6) is -0.124. The number of primary amides is 1. The Balaban J connectivity index is 3.73. The van der Waals surface area contributed by atoms with E-state index >= 15 is 0 Å². The van der Waals surface area contributed by atoms with Gasteiger partial charge in [0.05, 0.1) is 0 Å². The molecule has 0 aromatic carbocycles. The predicted molar refractivity (Wildman–Crippen MR) is 76.8 cm³/mol. The summed E-state index contributed by atoms with van der Waals surface area (Å²) in [4.78, 5) is 22.9. The number of Topliss-reactive ketones (excluding diaryl/α,β-unsaturated/α-hetero) is 1. The Morgan fingerprint density at radius 3 is 2.11 bits per heavy atom. The molecule has 0 rings (SSSR count). The summed E-state index contributed by atoms with van der Waals surface area (Å²) in [5.41, 5.74) is 4.10. The number of hydrogen-bond donors (Lipinski definition) is 1. The van der Waals surface area contributed by atoms with E-state index in [1.807, 2.05) is 20.8 Å². The SMILES string of the molecule is CCC(C)(C)C(=O)CCCCCOC(C)(C)C(N)=O. The van der Waals surface area contributed by atoms with Gasteiger partial charge in [0.1, 0.15) is 11.4 Å². The highest BCUT2D eigenvalue weighted by molar-refractivity contribution is 5.83. The summed E-state index contributed by atoms with van der Waals surface area (Å²) < 4.78 is 5.43. The second kappa shape index (κ2) is 7.63. The lowest BCUT2D eigenvalue weighted by atomic mass is 9.83. The van der Waals surface area contributed by atoms with E-state index in [0.717, 1.165) is 25.7 Å². The Morgan fingerprint density at radius 2 is 1.63 bits per heavy atom. The predicted octanol–water partition coefficient (Wildman–Crippen LogP) is 2.83. The summed E-state index contributed by atoms with van der Waals surface area (Å²) >= 11 is 0. The van der Waals surface area contributed by atoms with Crippen LogP contribution in [0.4, 0.5) is 0 Å². The molecule has 19 heavy (non-hydrogen) atoms. The maximum atomic E-state index is 11.9. The fraction of sp³-hybridized carbons (Fsp3) is 0.867. The molecular formula is C15H29NO3. The molecular weight excluding hydrogens is 242 g/mol. The zero-order valence-electron chi connectivity index (χ0n) is 13.0. The molecule has 0 atom stereocenters. The van der Waals surface area contributed by atoms with Crippen molar-refractivity contribution in [1.29, 1.82) is 0 Å². The molecule has 0 radical (unpaired) electrons. The molecule has 2 N–H and O–H groups in total. The average molecular weight is 271 g/mol. The van der Waals surface area contributed by atoms with E-state index in [4.69, 9.17) is 10.5 Å². The van der Waals surface area contributed by atoms with Crippen LogP contribution in [0.1, 0.15) is 66.7 Å². The number of unbranched alkanes of at least 4 members (excludes halogenated alkanes) is 2. The average Bonchev–Trinajstić information content (AvgIpc) is 2.32. The molecule has 112 valence electrons. The van der Waals surface area contributed by atoms with E-state index < -0.39 is 11.5 Å². The Hall–Kier alpha value is -0.900. The van der Waals surface area contributed by atoms with Gasteiger partial charge in [-0.15, -0.1) is 0 Å². The number of carbonyl (C=O) groups is 2. The van der Waals surface area contributed by atoms with Crippen LogP contribution in [0, 0.1) is 5.41 Å². The topological polar surface area (TPSA) is 69.4 Å². The van der Waals surface area contributed by atoms with Crippen molar-refractivity contribution in [3.05, 3.63) is 0 Å².